The summed E-state index contributed by atoms with van der Waals surface area (Å²) in [6.07, 6.45) is -0.681. The number of nitrogens with zero attached hydrogens (tertiary/aromatic N) is 4. The lowest BCUT2D eigenvalue weighted by Gasteiger charge is -2.28. The first-order chi connectivity index (χ1) is 12.0. The molecule has 0 unspecified atom stereocenters. The molecule has 25 heavy (non-hydrogen) atoms. The van der Waals surface area contributed by atoms with Crippen LogP contribution in [0.4, 0.5) is 25.4 Å². The van der Waals surface area contributed by atoms with Crippen LogP contribution in [0.25, 0.3) is 0 Å². The third kappa shape index (κ3) is 3.57. The van der Waals surface area contributed by atoms with Gasteiger partial charge in [0.05, 0.1) is 31.6 Å². The minimum atomic E-state index is -0.854. The molecule has 2 aliphatic heterocycles. The van der Waals surface area contributed by atoms with Gasteiger partial charge >= 0.3 is 12.2 Å². The van der Waals surface area contributed by atoms with Crippen LogP contribution in [0, 0.1) is 5.82 Å². The van der Waals surface area contributed by atoms with Gasteiger partial charge in [-0.05, 0) is 18.2 Å². The van der Waals surface area contributed by atoms with Crippen LogP contribution >= 0.6 is 0 Å². The minimum Gasteiger partial charge on any atom is -0.453 e. The predicted octanol–water partition coefficient (Wildman–Crippen LogP) is 1.16. The number of anilines is 2. The van der Waals surface area contributed by atoms with Crippen LogP contribution in [-0.4, -0.2) is 63.6 Å². The fraction of sp³-hybridized carbons (Fsp3) is 0.400. The number of likely N-dealkylation sites (N-methyl/N-ethyl adjacent to an activating group) is 1. The smallest absolute Gasteiger partial charge is 0.416 e. The Morgan fingerprint density at radius 3 is 2.88 bits per heavy atom. The number of hydrazone groups is 1. The van der Waals surface area contributed by atoms with Gasteiger partial charge in [-0.2, -0.15) is 5.10 Å². The number of hydrogen-bond acceptors (Lipinski definition) is 7. The maximum absolute atomic E-state index is 14.5. The van der Waals surface area contributed by atoms with E-state index < -0.39 is 24.2 Å². The predicted molar refractivity (Wildman–Crippen MR) is 88.0 cm³/mol. The maximum Gasteiger partial charge on any atom is 0.416 e. The molecule has 1 fully saturated rings. The second-order valence-corrected chi connectivity index (χ2v) is 5.56. The van der Waals surface area contributed by atoms with E-state index in [1.165, 1.54) is 18.1 Å². The maximum atomic E-state index is 14.5. The molecule has 2 aliphatic rings. The van der Waals surface area contributed by atoms with E-state index in [0.29, 0.717) is 24.5 Å². The molecule has 2 heterocycles. The van der Waals surface area contributed by atoms with Gasteiger partial charge in [0.2, 0.25) is 0 Å². The van der Waals surface area contributed by atoms with Gasteiger partial charge in [0, 0.05) is 13.6 Å². The Morgan fingerprint density at radius 2 is 2.24 bits per heavy atom. The number of halogens is 1. The van der Waals surface area contributed by atoms with Crippen molar-refractivity contribution in [3.63, 3.8) is 0 Å². The molecule has 2 amide bonds. The Hall–Kier alpha value is -3.04. The number of nitrogens with one attached hydrogen (secondary N) is 1. The Labute approximate surface area is 143 Å². The van der Waals surface area contributed by atoms with Crippen LogP contribution in [0.5, 0.6) is 0 Å². The van der Waals surface area contributed by atoms with Gasteiger partial charge in [0.15, 0.2) is 6.23 Å². The minimum absolute atomic E-state index is 0.0582. The normalized spacial score (nSPS) is 19.9. The molecule has 0 bridgehead atoms. The molecule has 1 atom stereocenters. The average Bonchev–Trinajstić information content (AvgIpc) is 2.96. The molecule has 1 aromatic rings. The fourth-order valence-corrected chi connectivity index (χ4v) is 2.54. The number of benzene rings is 1. The van der Waals surface area contributed by atoms with Gasteiger partial charge in [-0.1, -0.05) is 0 Å². The quantitative estimate of drug-likeness (QED) is 0.879. The number of alkyl carbamates (subject to hydrolysis) is 1. The summed E-state index contributed by atoms with van der Waals surface area (Å²) < 4.78 is 24.0. The van der Waals surface area contributed by atoms with Crippen LogP contribution < -0.4 is 15.1 Å². The van der Waals surface area contributed by atoms with Crippen molar-refractivity contribution in [2.45, 2.75) is 6.23 Å². The van der Waals surface area contributed by atoms with Crippen molar-refractivity contribution in [3.8, 4) is 0 Å². The number of hydrogen-bond donors (Lipinski definition) is 1. The number of ether oxygens (including phenoxy) is 2. The van der Waals surface area contributed by atoms with Gasteiger partial charge < -0.3 is 14.4 Å². The van der Waals surface area contributed by atoms with E-state index in [2.05, 4.69) is 15.2 Å². The highest BCUT2D eigenvalue weighted by Gasteiger charge is 2.34. The van der Waals surface area contributed by atoms with Crippen LogP contribution in [0.2, 0.25) is 0 Å². The fourth-order valence-electron chi connectivity index (χ4n) is 2.54. The molecule has 3 rings (SSSR count). The van der Waals surface area contributed by atoms with Crippen molar-refractivity contribution in [2.75, 3.05) is 43.6 Å². The lowest BCUT2D eigenvalue weighted by Crippen LogP contribution is -2.38. The highest BCUT2D eigenvalue weighted by molar-refractivity contribution is 5.91. The Balaban J connectivity index is 1.73. The van der Waals surface area contributed by atoms with Crippen molar-refractivity contribution in [1.82, 2.24) is 10.3 Å². The van der Waals surface area contributed by atoms with Crippen molar-refractivity contribution in [2.24, 2.45) is 5.10 Å². The summed E-state index contributed by atoms with van der Waals surface area (Å²) in [5.74, 6) is -0.481. The second kappa shape index (κ2) is 6.83. The molecule has 10 heteroatoms. The summed E-state index contributed by atoms with van der Waals surface area (Å²) in [5.41, 5.74) is 0.712. The first-order valence-corrected chi connectivity index (χ1v) is 7.62. The standard InChI is InChI=1S/C15H18FN5O4/c1-19-5-6-20(9-17-19)12-4-3-10(7-11(12)16)21-8-13(25-15(21)23)18-14(22)24-2/h3-4,7,9,13H,5-6,8H2,1-2H3,(H,18,22)/t13-/m1/s1. The van der Waals surface area contributed by atoms with E-state index in [9.17, 15) is 14.0 Å². The molecule has 1 N–H and O–H groups in total. The van der Waals surface area contributed by atoms with E-state index in [1.54, 1.807) is 28.4 Å². The topological polar surface area (TPSA) is 86.7 Å². The summed E-state index contributed by atoms with van der Waals surface area (Å²) in [4.78, 5) is 26.1. The summed E-state index contributed by atoms with van der Waals surface area (Å²) >= 11 is 0. The molecule has 0 aromatic heterocycles. The molecule has 0 saturated carbocycles. The van der Waals surface area contributed by atoms with Gasteiger partial charge in [0.1, 0.15) is 12.2 Å². The zero-order valence-electron chi connectivity index (χ0n) is 13.8. The Kier molecular flexibility index (Phi) is 4.59. The van der Waals surface area contributed by atoms with Crippen LogP contribution in [0.3, 0.4) is 0 Å². The molecule has 0 aliphatic carbocycles. The van der Waals surface area contributed by atoms with Gasteiger partial charge in [-0.3, -0.25) is 15.2 Å². The molecular formula is C15H18FN5O4. The summed E-state index contributed by atoms with van der Waals surface area (Å²) in [6, 6.07) is 4.45. The van der Waals surface area contributed by atoms with Gasteiger partial charge in [-0.25, -0.2) is 14.0 Å². The zero-order chi connectivity index (χ0) is 18.0. The zero-order valence-corrected chi connectivity index (χ0v) is 13.8. The van der Waals surface area contributed by atoms with Crippen LogP contribution in [0.1, 0.15) is 0 Å². The van der Waals surface area contributed by atoms with Crippen molar-refractivity contribution >= 4 is 29.9 Å². The van der Waals surface area contributed by atoms with E-state index >= 15 is 0 Å². The number of cyclic esters (lactones) is 1. The summed E-state index contributed by atoms with van der Waals surface area (Å²) in [7, 11) is 3.05. The average molecular weight is 351 g/mol. The van der Waals surface area contributed by atoms with E-state index in [4.69, 9.17) is 4.74 Å². The molecule has 9 nitrogen and oxygen atoms in total. The van der Waals surface area contributed by atoms with Crippen molar-refractivity contribution < 1.29 is 23.5 Å². The lowest BCUT2D eigenvalue weighted by atomic mass is 10.2. The Morgan fingerprint density at radius 1 is 1.44 bits per heavy atom. The van der Waals surface area contributed by atoms with E-state index in [-0.39, 0.29) is 6.54 Å². The summed E-state index contributed by atoms with van der Waals surface area (Å²) in [5, 5.41) is 8.25. The number of carbonyl (C=O) groups excluding carboxylic acids is 2. The highest BCUT2D eigenvalue weighted by Crippen LogP contribution is 2.27. The van der Waals surface area contributed by atoms with E-state index in [0.717, 1.165) is 0 Å². The van der Waals surface area contributed by atoms with Gasteiger partial charge in [-0.15, -0.1) is 0 Å². The molecule has 0 radical (unpaired) electrons. The van der Waals surface area contributed by atoms with Crippen LogP contribution in [0.15, 0.2) is 23.3 Å². The number of methoxy groups -OCH3 is 1. The van der Waals surface area contributed by atoms with Crippen molar-refractivity contribution in [1.29, 1.82) is 0 Å². The number of carbonyl (C=O) groups is 2. The monoisotopic (exact) mass is 351 g/mol. The van der Waals surface area contributed by atoms with E-state index in [1.807, 2.05) is 7.05 Å². The SMILES string of the molecule is COC(=O)N[C@H]1CN(c2ccc(N3C=NN(C)CC3)c(F)c2)C(=O)O1. The lowest BCUT2D eigenvalue weighted by molar-refractivity contribution is 0.108. The largest absolute Gasteiger partial charge is 0.453 e. The van der Waals surface area contributed by atoms with Crippen molar-refractivity contribution in [3.05, 3.63) is 24.0 Å². The second-order valence-electron chi connectivity index (χ2n) is 5.56. The highest BCUT2D eigenvalue weighted by atomic mass is 19.1. The molecule has 1 aromatic carbocycles. The third-order valence-corrected chi connectivity index (χ3v) is 3.88. The molecule has 0 spiro atoms. The molecular weight excluding hydrogens is 333 g/mol. The first-order valence-electron chi connectivity index (χ1n) is 7.62. The number of amides is 2. The van der Waals surface area contributed by atoms with Crippen LogP contribution in [-0.2, 0) is 9.47 Å². The third-order valence-electron chi connectivity index (χ3n) is 3.88. The summed E-state index contributed by atoms with van der Waals surface area (Å²) in [6.45, 7) is 1.34. The number of rotatable bonds is 3. The first kappa shape index (κ1) is 16.8. The van der Waals surface area contributed by atoms with Gasteiger partial charge in [0.25, 0.3) is 0 Å². The Bertz CT molecular complexity index is 713. The molecule has 134 valence electrons. The molecule has 1 saturated heterocycles.